The van der Waals surface area contributed by atoms with Crippen molar-refractivity contribution in [2.45, 2.75) is 12.1 Å². The van der Waals surface area contributed by atoms with Gasteiger partial charge in [-0.05, 0) is 67.1 Å². The Labute approximate surface area is 202 Å². The summed E-state index contributed by atoms with van der Waals surface area (Å²) in [6.07, 6.45) is 4.93. The maximum atomic E-state index is 13.2. The Kier molecular flexibility index (Phi) is 7.21. The fourth-order valence-electron chi connectivity index (χ4n) is 3.03. The lowest BCUT2D eigenvalue weighted by Gasteiger charge is -2.13. The summed E-state index contributed by atoms with van der Waals surface area (Å²) < 4.78 is 7.67. The first kappa shape index (κ1) is 22.8. The van der Waals surface area contributed by atoms with Gasteiger partial charge in [0.25, 0.3) is 11.5 Å². The van der Waals surface area contributed by atoms with Crippen LogP contribution in [-0.2, 0) is 4.79 Å². The van der Waals surface area contributed by atoms with Crippen LogP contribution in [0.15, 0.2) is 96.4 Å². The molecule has 2 heterocycles. The first-order valence-corrected chi connectivity index (χ1v) is 11.7. The molecule has 2 aromatic heterocycles. The number of hydrogen-bond acceptors (Lipinski definition) is 6. The van der Waals surface area contributed by atoms with E-state index < -0.39 is 0 Å². The highest BCUT2D eigenvalue weighted by atomic mass is 79.9. The third-order valence-corrected chi connectivity index (χ3v) is 6.00. The highest BCUT2D eigenvalue weighted by Gasteiger charge is 2.14. The van der Waals surface area contributed by atoms with Crippen molar-refractivity contribution in [3.05, 3.63) is 93.1 Å². The standard InChI is InChI=1S/C24H19BrN4O3S/c1-16(13-19-5-4-12-32-19)14-26-28-22(30)15-33-24-27-21-7-3-2-6-20(21)23(31)29(24)18-10-8-17(25)9-11-18/h2-14H,15H2,1H3,(H,28,30). The first-order valence-electron chi connectivity index (χ1n) is 9.95. The minimum Gasteiger partial charge on any atom is -0.465 e. The number of carbonyl (C=O) groups is 1. The molecule has 0 saturated carbocycles. The Bertz CT molecular complexity index is 1390. The maximum Gasteiger partial charge on any atom is 0.266 e. The Morgan fingerprint density at radius 3 is 2.73 bits per heavy atom. The van der Waals surface area contributed by atoms with Crippen molar-refractivity contribution < 1.29 is 9.21 Å². The number of nitrogens with one attached hydrogen (secondary N) is 1. The van der Waals surface area contributed by atoms with Gasteiger partial charge >= 0.3 is 0 Å². The van der Waals surface area contributed by atoms with Gasteiger partial charge in [-0.25, -0.2) is 10.4 Å². The zero-order chi connectivity index (χ0) is 23.2. The third-order valence-electron chi connectivity index (χ3n) is 4.53. The first-order chi connectivity index (χ1) is 16.0. The lowest BCUT2D eigenvalue weighted by molar-refractivity contribution is -0.118. The number of para-hydroxylation sites is 1. The number of amides is 1. The number of hydrogen-bond donors (Lipinski definition) is 1. The van der Waals surface area contributed by atoms with E-state index in [0.29, 0.717) is 27.5 Å². The molecule has 0 saturated heterocycles. The van der Waals surface area contributed by atoms with Crippen molar-refractivity contribution in [2.75, 3.05) is 5.75 Å². The lowest BCUT2D eigenvalue weighted by atomic mass is 10.2. The minimum absolute atomic E-state index is 0.0413. The van der Waals surface area contributed by atoms with Crippen LogP contribution in [0.25, 0.3) is 22.7 Å². The van der Waals surface area contributed by atoms with Crippen LogP contribution in [0.2, 0.25) is 0 Å². The van der Waals surface area contributed by atoms with E-state index in [1.807, 2.05) is 43.3 Å². The monoisotopic (exact) mass is 522 g/mol. The summed E-state index contributed by atoms with van der Waals surface area (Å²) >= 11 is 4.58. The van der Waals surface area contributed by atoms with Gasteiger partial charge in [0.05, 0.1) is 34.8 Å². The number of benzene rings is 2. The summed E-state index contributed by atoms with van der Waals surface area (Å²) in [5, 5.41) is 4.92. The molecule has 0 atom stereocenters. The molecule has 7 nitrogen and oxygen atoms in total. The fraction of sp³-hybridized carbons (Fsp3) is 0.0833. The van der Waals surface area contributed by atoms with Gasteiger partial charge in [0.15, 0.2) is 5.16 Å². The molecule has 4 rings (SSSR count). The minimum atomic E-state index is -0.313. The van der Waals surface area contributed by atoms with Crippen LogP contribution in [0.5, 0.6) is 0 Å². The molecule has 0 bridgehead atoms. The molecule has 0 fully saturated rings. The molecule has 0 aliphatic heterocycles. The van der Waals surface area contributed by atoms with Crippen molar-refractivity contribution in [3.63, 3.8) is 0 Å². The maximum absolute atomic E-state index is 13.2. The normalized spacial score (nSPS) is 11.9. The fourth-order valence-corrected chi connectivity index (χ4v) is 4.10. The smallest absolute Gasteiger partial charge is 0.266 e. The second-order valence-corrected chi connectivity index (χ2v) is 8.87. The van der Waals surface area contributed by atoms with Crippen molar-refractivity contribution >= 4 is 56.8 Å². The molecule has 1 N–H and O–H groups in total. The molecule has 9 heteroatoms. The molecule has 1 amide bonds. The summed E-state index contributed by atoms with van der Waals surface area (Å²) in [5.41, 5.74) is 4.37. The van der Waals surface area contributed by atoms with Crippen molar-refractivity contribution in [2.24, 2.45) is 5.10 Å². The van der Waals surface area contributed by atoms with Crippen LogP contribution in [0.3, 0.4) is 0 Å². The van der Waals surface area contributed by atoms with Gasteiger partial charge in [0.2, 0.25) is 0 Å². The number of halogens is 1. The number of fused-ring (bicyclic) bond motifs is 1. The zero-order valence-corrected chi connectivity index (χ0v) is 20.0. The zero-order valence-electron chi connectivity index (χ0n) is 17.6. The van der Waals surface area contributed by atoms with Gasteiger partial charge in [0.1, 0.15) is 5.76 Å². The number of thioether (sulfide) groups is 1. The quantitative estimate of drug-likeness (QED) is 0.159. The van der Waals surface area contributed by atoms with E-state index in [2.05, 4.69) is 31.4 Å². The van der Waals surface area contributed by atoms with Crippen molar-refractivity contribution in [3.8, 4) is 5.69 Å². The van der Waals surface area contributed by atoms with Gasteiger partial charge in [-0.15, -0.1) is 0 Å². The number of furan rings is 1. The lowest BCUT2D eigenvalue weighted by Crippen LogP contribution is -2.24. The molecule has 4 aromatic rings. The molecular weight excluding hydrogens is 504 g/mol. The van der Waals surface area contributed by atoms with Crippen LogP contribution in [0.1, 0.15) is 12.7 Å². The van der Waals surface area contributed by atoms with E-state index in [4.69, 9.17) is 4.42 Å². The molecule has 2 aromatic carbocycles. The van der Waals surface area contributed by atoms with Crippen LogP contribution in [0, 0.1) is 0 Å². The molecule has 33 heavy (non-hydrogen) atoms. The SMILES string of the molecule is CC(C=NNC(=O)CSc1nc2ccccc2c(=O)n1-c1ccc(Br)cc1)=Cc1ccco1. The van der Waals surface area contributed by atoms with Crippen LogP contribution in [-0.4, -0.2) is 27.4 Å². The molecule has 0 aliphatic carbocycles. The number of rotatable bonds is 7. The number of carbonyl (C=O) groups excluding carboxylic acids is 1. The van der Waals surface area contributed by atoms with Gasteiger partial charge in [-0.2, -0.15) is 5.10 Å². The number of allylic oxidation sites excluding steroid dienone is 1. The summed E-state index contributed by atoms with van der Waals surface area (Å²) in [5.74, 6) is 0.431. The molecule has 0 spiro atoms. The topological polar surface area (TPSA) is 89.5 Å². The highest BCUT2D eigenvalue weighted by Crippen LogP contribution is 2.22. The average Bonchev–Trinajstić information content (AvgIpc) is 3.31. The number of aromatic nitrogens is 2. The molecule has 0 radical (unpaired) electrons. The molecule has 0 aliphatic rings. The second kappa shape index (κ2) is 10.5. The van der Waals surface area contributed by atoms with Gasteiger partial charge < -0.3 is 4.42 Å². The Hall–Kier alpha value is -3.43. The third kappa shape index (κ3) is 5.68. The van der Waals surface area contributed by atoms with E-state index >= 15 is 0 Å². The highest BCUT2D eigenvalue weighted by molar-refractivity contribution is 9.10. The van der Waals surface area contributed by atoms with Crippen molar-refractivity contribution in [1.29, 1.82) is 0 Å². The molecule has 0 unspecified atom stereocenters. The predicted molar refractivity (Wildman–Crippen MR) is 135 cm³/mol. The summed E-state index contributed by atoms with van der Waals surface area (Å²) in [6, 6.07) is 18.1. The Morgan fingerprint density at radius 1 is 1.18 bits per heavy atom. The second-order valence-electron chi connectivity index (χ2n) is 7.01. The Balaban J connectivity index is 1.52. The van der Waals surface area contributed by atoms with E-state index in [9.17, 15) is 9.59 Å². The summed E-state index contributed by atoms with van der Waals surface area (Å²) in [7, 11) is 0. The molecular formula is C24H19BrN4O3S. The van der Waals surface area contributed by atoms with Crippen LogP contribution >= 0.6 is 27.7 Å². The van der Waals surface area contributed by atoms with E-state index in [0.717, 1.165) is 10.0 Å². The predicted octanol–water partition coefficient (Wildman–Crippen LogP) is 5.04. The van der Waals surface area contributed by atoms with Crippen LogP contribution in [0.4, 0.5) is 0 Å². The van der Waals surface area contributed by atoms with E-state index in [1.54, 1.807) is 36.6 Å². The summed E-state index contributed by atoms with van der Waals surface area (Å²) in [6.45, 7) is 1.85. The van der Waals surface area contributed by atoms with E-state index in [-0.39, 0.29) is 17.2 Å². The van der Waals surface area contributed by atoms with Crippen molar-refractivity contribution in [1.82, 2.24) is 15.0 Å². The number of hydrazone groups is 1. The van der Waals surface area contributed by atoms with E-state index in [1.165, 1.54) is 22.5 Å². The van der Waals surface area contributed by atoms with Gasteiger partial charge in [-0.3, -0.25) is 14.2 Å². The molecule has 166 valence electrons. The van der Waals surface area contributed by atoms with Crippen LogP contribution < -0.4 is 11.0 Å². The Morgan fingerprint density at radius 2 is 1.97 bits per heavy atom. The average molecular weight is 523 g/mol. The number of nitrogens with zero attached hydrogens (tertiary/aromatic N) is 3. The van der Waals surface area contributed by atoms with Gasteiger partial charge in [0, 0.05) is 4.47 Å². The summed E-state index contributed by atoms with van der Waals surface area (Å²) in [4.78, 5) is 30.2. The largest absolute Gasteiger partial charge is 0.465 e. The van der Waals surface area contributed by atoms with Gasteiger partial charge in [-0.1, -0.05) is 39.8 Å².